The molecule has 0 bridgehead atoms. The van der Waals surface area contributed by atoms with Crippen LogP contribution in [0.15, 0.2) is 3.34 Å². The number of rotatable bonds is 9. The fourth-order valence-electron chi connectivity index (χ4n) is 0.900. The first-order valence-electron chi connectivity index (χ1n) is 8.36. The van der Waals surface area contributed by atoms with Gasteiger partial charge in [0, 0.05) is 0 Å². The molecule has 21 heavy (non-hydrogen) atoms. The van der Waals surface area contributed by atoms with E-state index in [-0.39, 0.29) is 0 Å². The Hall–Kier alpha value is 0.420. The average molecular weight is 468 g/mol. The topological polar surface area (TPSA) is 54.7 Å². The monoisotopic (exact) mass is 468 g/mol. The van der Waals surface area contributed by atoms with Crippen LogP contribution in [0.25, 0.3) is 16.0 Å². The van der Waals surface area contributed by atoms with Gasteiger partial charge in [0.2, 0.25) is 0 Å². The summed E-state index contributed by atoms with van der Waals surface area (Å²) < 4.78 is 4.04. The maximum absolute atomic E-state index is 4.04. The van der Waals surface area contributed by atoms with E-state index in [9.17, 15) is 0 Å². The predicted molar refractivity (Wildman–Crippen MR) is 95.5 cm³/mol. The van der Waals surface area contributed by atoms with Crippen LogP contribution in [-0.2, 0) is 20.9 Å². The van der Waals surface area contributed by atoms with Gasteiger partial charge in [0.1, 0.15) is 0 Å². The van der Waals surface area contributed by atoms with E-state index in [0.717, 1.165) is 45.8 Å². The van der Waals surface area contributed by atoms with Crippen LogP contribution in [0.1, 0.15) is 61.3 Å². The molecular weight excluding hydrogens is 429 g/mol. The van der Waals surface area contributed by atoms with Crippen molar-refractivity contribution >= 4 is 0 Å². The SMILES string of the molecule is CCCC[N]=[Ta].CC[N-]CC.CC[N-]CC.CC[N-]CC. The average Bonchev–Trinajstić information content (AvgIpc) is 2.49. The molecular formula is C16H39N4Ta-3. The summed E-state index contributed by atoms with van der Waals surface area (Å²) in [4.78, 5) is 0. The molecule has 0 aliphatic rings. The van der Waals surface area contributed by atoms with Crippen LogP contribution in [0.2, 0.25) is 0 Å². The van der Waals surface area contributed by atoms with Crippen molar-refractivity contribution in [1.29, 1.82) is 0 Å². The Balaban J connectivity index is -0.0000000921. The molecule has 0 saturated heterocycles. The Morgan fingerprint density at radius 1 is 0.619 bits per heavy atom. The summed E-state index contributed by atoms with van der Waals surface area (Å²) >= 11 is 1.19. The molecule has 0 heterocycles. The van der Waals surface area contributed by atoms with Crippen molar-refractivity contribution in [2.24, 2.45) is 3.34 Å². The minimum absolute atomic E-state index is 0.969. The third-order valence-electron chi connectivity index (χ3n) is 1.95. The van der Waals surface area contributed by atoms with E-state index in [1.54, 1.807) is 0 Å². The van der Waals surface area contributed by atoms with Gasteiger partial charge in [-0.15, -0.1) is 0 Å². The van der Waals surface area contributed by atoms with Gasteiger partial charge >= 0.3 is 50.5 Å². The number of nitrogens with zero attached hydrogens (tertiary/aromatic N) is 4. The first-order chi connectivity index (χ1) is 10.2. The molecule has 0 aromatic carbocycles. The Bertz CT molecular complexity index is 115. The van der Waals surface area contributed by atoms with Gasteiger partial charge in [-0.05, 0) is 0 Å². The van der Waals surface area contributed by atoms with Crippen molar-refractivity contribution in [3.05, 3.63) is 16.0 Å². The van der Waals surface area contributed by atoms with E-state index in [1.807, 2.05) is 41.5 Å². The summed E-state index contributed by atoms with van der Waals surface area (Å²) in [5, 5.41) is 11.9. The third-order valence-corrected chi connectivity index (χ3v) is 2.67. The van der Waals surface area contributed by atoms with Gasteiger partial charge in [-0.25, -0.2) is 0 Å². The number of hydrogen-bond acceptors (Lipinski definition) is 1. The zero-order valence-corrected chi connectivity index (χ0v) is 18.8. The second kappa shape index (κ2) is 42.8. The van der Waals surface area contributed by atoms with Crippen molar-refractivity contribution < 1.29 is 20.9 Å². The molecule has 0 aliphatic heterocycles. The van der Waals surface area contributed by atoms with Gasteiger partial charge in [-0.3, -0.25) is 0 Å². The van der Waals surface area contributed by atoms with E-state index in [0.29, 0.717) is 0 Å². The molecule has 0 aromatic heterocycles. The summed E-state index contributed by atoms with van der Waals surface area (Å²) in [6.45, 7) is 21.4. The third kappa shape index (κ3) is 78.1. The Kier molecular flexibility index (Phi) is 59.9. The molecule has 0 atom stereocenters. The van der Waals surface area contributed by atoms with Crippen LogP contribution >= 0.6 is 0 Å². The first-order valence-corrected chi connectivity index (χ1v) is 9.80. The summed E-state index contributed by atoms with van der Waals surface area (Å²) in [7, 11) is 0. The maximum atomic E-state index is 4.04. The van der Waals surface area contributed by atoms with Gasteiger partial charge in [0.15, 0.2) is 0 Å². The molecule has 0 rings (SSSR count). The van der Waals surface area contributed by atoms with E-state index in [4.69, 9.17) is 0 Å². The van der Waals surface area contributed by atoms with E-state index in [2.05, 4.69) is 26.2 Å². The van der Waals surface area contributed by atoms with Gasteiger partial charge in [-0.2, -0.15) is 39.3 Å². The van der Waals surface area contributed by atoms with E-state index < -0.39 is 0 Å². The van der Waals surface area contributed by atoms with Crippen molar-refractivity contribution in [3.8, 4) is 0 Å². The minimum Gasteiger partial charge on any atom is -0.663 e. The molecule has 0 aromatic rings. The second-order valence-electron chi connectivity index (χ2n) is 3.79. The van der Waals surface area contributed by atoms with Gasteiger partial charge < -0.3 is 16.0 Å². The van der Waals surface area contributed by atoms with Crippen LogP contribution in [0, 0.1) is 0 Å². The molecule has 0 aliphatic carbocycles. The molecule has 131 valence electrons. The van der Waals surface area contributed by atoms with Crippen molar-refractivity contribution in [1.82, 2.24) is 0 Å². The molecule has 0 spiro atoms. The molecule has 0 unspecified atom stereocenters. The molecule has 4 nitrogen and oxygen atoms in total. The Labute approximate surface area is 147 Å². The summed E-state index contributed by atoms with van der Waals surface area (Å²) in [5.74, 6) is 0. The van der Waals surface area contributed by atoms with Crippen molar-refractivity contribution in [2.45, 2.75) is 61.3 Å². The smallest absolute Gasteiger partial charge is 0.0844 e. The van der Waals surface area contributed by atoms with E-state index >= 15 is 0 Å². The van der Waals surface area contributed by atoms with Gasteiger partial charge in [0.25, 0.3) is 0 Å². The first kappa shape index (κ1) is 29.4. The fraction of sp³-hybridized carbons (Fsp3) is 1.00. The largest absolute Gasteiger partial charge is 0.663 e. The molecule has 0 saturated carbocycles. The minimum atomic E-state index is 0.969. The number of hydrogen-bond donors (Lipinski definition) is 0. The van der Waals surface area contributed by atoms with Gasteiger partial charge in [0.05, 0.1) is 0 Å². The zero-order chi connectivity index (χ0) is 17.2. The van der Waals surface area contributed by atoms with Gasteiger partial charge in [-0.1, -0.05) is 41.5 Å². The Morgan fingerprint density at radius 3 is 0.952 bits per heavy atom. The van der Waals surface area contributed by atoms with Crippen LogP contribution in [0.4, 0.5) is 0 Å². The molecule has 0 radical (unpaired) electrons. The number of unbranched alkanes of at least 4 members (excludes halogenated alkanes) is 1. The van der Waals surface area contributed by atoms with E-state index in [1.165, 1.54) is 33.7 Å². The summed E-state index contributed by atoms with van der Waals surface area (Å²) in [6, 6.07) is 0. The molecule has 0 N–H and O–H groups in total. The second-order valence-corrected chi connectivity index (χ2v) is 4.80. The maximum Gasteiger partial charge on any atom is -0.0844 e. The zero-order valence-electron chi connectivity index (χ0n) is 15.6. The Morgan fingerprint density at radius 2 is 0.905 bits per heavy atom. The summed E-state index contributed by atoms with van der Waals surface area (Å²) in [5.41, 5.74) is 0. The van der Waals surface area contributed by atoms with Crippen molar-refractivity contribution in [3.63, 3.8) is 0 Å². The van der Waals surface area contributed by atoms with Crippen LogP contribution in [0.3, 0.4) is 0 Å². The van der Waals surface area contributed by atoms with Crippen LogP contribution in [-0.4, -0.2) is 45.8 Å². The summed E-state index contributed by atoms with van der Waals surface area (Å²) in [6.07, 6.45) is 2.55. The standard InChI is InChI=1S/3C4H10N.C4H9N.Ta/c3*1-3-5-4-2;1-2-3-4-5;/h3*3-4H2,1-2H3;2-4H2,1H3;/q3*-1;;. The molecule has 0 fully saturated rings. The predicted octanol–water partition coefficient (Wildman–Crippen LogP) is 5.72. The molecule has 0 amide bonds. The van der Waals surface area contributed by atoms with Crippen LogP contribution < -0.4 is 0 Å². The van der Waals surface area contributed by atoms with Crippen molar-refractivity contribution in [2.75, 3.05) is 45.8 Å². The van der Waals surface area contributed by atoms with Crippen LogP contribution in [0.5, 0.6) is 0 Å². The normalized spacial score (nSPS) is 8.29. The molecule has 5 heteroatoms. The fourth-order valence-corrected chi connectivity index (χ4v) is 1.41. The quantitative estimate of drug-likeness (QED) is 0.389.